The Labute approximate surface area is 124 Å². The zero-order valence-electron chi connectivity index (χ0n) is 10.7. The maximum absolute atomic E-state index is 12.1. The van der Waals surface area contributed by atoms with Gasteiger partial charge in [0, 0.05) is 5.57 Å². The minimum atomic E-state index is -0.552. The molecular weight excluding hydrogens is 288 g/mol. The molecular formula is C15H10N2O3S. The minimum absolute atomic E-state index is 0.0231. The zero-order chi connectivity index (χ0) is 15.0. The fourth-order valence-corrected chi connectivity index (χ4v) is 2.38. The summed E-state index contributed by atoms with van der Waals surface area (Å²) in [6.07, 6.45) is 4.52. The lowest BCUT2D eigenvalue weighted by atomic mass is 9.90. The Morgan fingerprint density at radius 2 is 1.86 bits per heavy atom. The predicted octanol–water partition coefficient (Wildman–Crippen LogP) is 2.27. The van der Waals surface area contributed by atoms with Gasteiger partial charge in [-0.2, -0.15) is 0 Å². The first-order valence-corrected chi connectivity index (χ1v) is 6.56. The van der Waals surface area contributed by atoms with Crippen LogP contribution in [0.3, 0.4) is 0 Å². The molecule has 6 heteroatoms. The molecule has 0 radical (unpaired) electrons. The van der Waals surface area contributed by atoms with Crippen LogP contribution in [0.2, 0.25) is 0 Å². The summed E-state index contributed by atoms with van der Waals surface area (Å²) in [5, 5.41) is 9.82. The molecule has 0 atom stereocenters. The summed E-state index contributed by atoms with van der Waals surface area (Å²) in [4.78, 5) is 28.8. The summed E-state index contributed by atoms with van der Waals surface area (Å²) in [5.41, 5.74) is 1.36. The molecule has 0 spiro atoms. The van der Waals surface area contributed by atoms with Crippen molar-refractivity contribution in [2.45, 2.75) is 0 Å². The van der Waals surface area contributed by atoms with Gasteiger partial charge in [-0.3, -0.25) is 14.6 Å². The lowest BCUT2D eigenvalue weighted by Gasteiger charge is -2.13. The standard InChI is InChI=1S/C15H10N2O3S/c18-12-6-5-8-3-1-2-4-9(8)10(12)7-11-13(19)16-15(21)17-14(11)20/h1-7H,(H3,16,17,19,20,21). The third kappa shape index (κ3) is 2.36. The molecule has 1 aromatic carbocycles. The number of fused-ring (bicyclic) bond motifs is 1. The van der Waals surface area contributed by atoms with E-state index in [1.165, 1.54) is 12.2 Å². The van der Waals surface area contributed by atoms with Crippen molar-refractivity contribution in [3.63, 3.8) is 0 Å². The van der Waals surface area contributed by atoms with Gasteiger partial charge in [0.15, 0.2) is 10.6 Å². The lowest BCUT2D eigenvalue weighted by Crippen LogP contribution is -2.12. The Kier molecular flexibility index (Phi) is 3.15. The van der Waals surface area contributed by atoms with E-state index in [-0.39, 0.29) is 22.0 Å². The van der Waals surface area contributed by atoms with Crippen molar-refractivity contribution in [1.82, 2.24) is 9.97 Å². The lowest BCUT2D eigenvalue weighted by molar-refractivity contribution is -0.109. The van der Waals surface area contributed by atoms with Gasteiger partial charge in [-0.05, 0) is 35.5 Å². The summed E-state index contributed by atoms with van der Waals surface area (Å²) in [7, 11) is 0. The SMILES string of the molecule is O=C1C=Cc2ccccc2C1=Cc1c(O)[nH]c(=S)[nH]c1=O. The van der Waals surface area contributed by atoms with Crippen LogP contribution in [0.1, 0.15) is 16.7 Å². The first-order chi connectivity index (χ1) is 10.1. The maximum atomic E-state index is 12.1. The molecule has 2 aromatic rings. The average molecular weight is 298 g/mol. The molecule has 104 valence electrons. The normalized spacial score (nSPS) is 15.2. The van der Waals surface area contributed by atoms with Gasteiger partial charge in [-0.1, -0.05) is 30.3 Å². The number of hydrogen-bond acceptors (Lipinski definition) is 4. The van der Waals surface area contributed by atoms with Crippen molar-refractivity contribution in [1.29, 1.82) is 0 Å². The highest BCUT2D eigenvalue weighted by Gasteiger charge is 2.18. The summed E-state index contributed by atoms with van der Waals surface area (Å²) < 4.78 is 0.0231. The highest BCUT2D eigenvalue weighted by atomic mass is 32.1. The molecule has 0 bridgehead atoms. The molecule has 21 heavy (non-hydrogen) atoms. The molecule has 3 rings (SSSR count). The van der Waals surface area contributed by atoms with Crippen molar-refractivity contribution in [3.8, 4) is 5.88 Å². The Hall–Kier alpha value is -2.73. The van der Waals surface area contributed by atoms with Gasteiger partial charge >= 0.3 is 0 Å². The maximum Gasteiger partial charge on any atom is 0.262 e. The number of ketones is 1. The number of rotatable bonds is 1. The van der Waals surface area contributed by atoms with Crippen LogP contribution in [0.25, 0.3) is 17.7 Å². The van der Waals surface area contributed by atoms with Crippen LogP contribution < -0.4 is 5.56 Å². The number of hydrogen-bond donors (Lipinski definition) is 3. The number of nitrogens with one attached hydrogen (secondary N) is 2. The van der Waals surface area contributed by atoms with Crippen molar-refractivity contribution >= 4 is 35.7 Å². The van der Waals surface area contributed by atoms with E-state index in [0.29, 0.717) is 11.1 Å². The van der Waals surface area contributed by atoms with Gasteiger partial charge in [0.2, 0.25) is 5.88 Å². The van der Waals surface area contributed by atoms with Gasteiger partial charge in [0.1, 0.15) is 5.56 Å². The van der Waals surface area contributed by atoms with Crippen LogP contribution in [-0.4, -0.2) is 20.9 Å². The second kappa shape index (κ2) is 4.99. The van der Waals surface area contributed by atoms with E-state index in [1.54, 1.807) is 12.1 Å². The summed E-state index contributed by atoms with van der Waals surface area (Å²) >= 11 is 4.77. The first-order valence-electron chi connectivity index (χ1n) is 6.15. The molecule has 0 saturated carbocycles. The highest BCUT2D eigenvalue weighted by Crippen LogP contribution is 2.28. The number of aromatic nitrogens is 2. The van der Waals surface area contributed by atoms with E-state index < -0.39 is 5.56 Å². The van der Waals surface area contributed by atoms with Crippen LogP contribution in [-0.2, 0) is 4.79 Å². The number of carbonyl (C=O) groups excluding carboxylic acids is 1. The molecule has 0 unspecified atom stereocenters. The van der Waals surface area contributed by atoms with Crippen LogP contribution in [0.4, 0.5) is 0 Å². The molecule has 1 aliphatic carbocycles. The first kappa shape index (κ1) is 13.3. The van der Waals surface area contributed by atoms with Crippen LogP contribution >= 0.6 is 12.2 Å². The number of aromatic amines is 2. The largest absolute Gasteiger partial charge is 0.494 e. The number of allylic oxidation sites excluding steroid dienone is 2. The summed E-state index contributed by atoms with van der Waals surface area (Å²) in [6.45, 7) is 0. The second-order valence-corrected chi connectivity index (χ2v) is 4.92. The van der Waals surface area contributed by atoms with Gasteiger partial charge in [-0.25, -0.2) is 0 Å². The van der Waals surface area contributed by atoms with E-state index in [0.717, 1.165) is 5.56 Å². The van der Waals surface area contributed by atoms with Crippen molar-refractivity contribution in [3.05, 3.63) is 62.2 Å². The van der Waals surface area contributed by atoms with E-state index in [2.05, 4.69) is 9.97 Å². The molecule has 1 aliphatic rings. The molecule has 1 heterocycles. The molecule has 5 nitrogen and oxygen atoms in total. The number of H-pyrrole nitrogens is 2. The predicted molar refractivity (Wildman–Crippen MR) is 82.3 cm³/mol. The molecule has 1 aromatic heterocycles. The van der Waals surface area contributed by atoms with Gasteiger partial charge < -0.3 is 10.1 Å². The molecule has 0 aliphatic heterocycles. The van der Waals surface area contributed by atoms with Crippen LogP contribution in [0.15, 0.2) is 35.1 Å². The quantitative estimate of drug-likeness (QED) is 0.557. The van der Waals surface area contributed by atoms with Gasteiger partial charge in [0.05, 0.1) is 0 Å². The molecule has 3 N–H and O–H groups in total. The van der Waals surface area contributed by atoms with Crippen molar-refractivity contribution in [2.75, 3.05) is 0 Å². The third-order valence-corrected chi connectivity index (χ3v) is 3.38. The third-order valence-electron chi connectivity index (χ3n) is 3.18. The number of benzene rings is 1. The van der Waals surface area contributed by atoms with Crippen LogP contribution in [0.5, 0.6) is 5.88 Å². The number of carbonyl (C=O) groups is 1. The Balaban J connectivity index is 2.25. The van der Waals surface area contributed by atoms with Crippen molar-refractivity contribution < 1.29 is 9.90 Å². The van der Waals surface area contributed by atoms with E-state index >= 15 is 0 Å². The summed E-state index contributed by atoms with van der Waals surface area (Å²) in [6, 6.07) is 7.33. The van der Waals surface area contributed by atoms with Crippen LogP contribution in [0, 0.1) is 4.77 Å². The van der Waals surface area contributed by atoms with Gasteiger partial charge in [0.25, 0.3) is 5.56 Å². The fourth-order valence-electron chi connectivity index (χ4n) is 2.19. The highest BCUT2D eigenvalue weighted by molar-refractivity contribution is 7.71. The molecule has 0 fully saturated rings. The summed E-state index contributed by atoms with van der Waals surface area (Å²) in [5.74, 6) is -0.592. The topological polar surface area (TPSA) is 85.9 Å². The Morgan fingerprint density at radius 3 is 2.62 bits per heavy atom. The monoisotopic (exact) mass is 298 g/mol. The zero-order valence-corrected chi connectivity index (χ0v) is 11.5. The minimum Gasteiger partial charge on any atom is -0.494 e. The van der Waals surface area contributed by atoms with E-state index in [1.807, 2.05) is 18.2 Å². The fraction of sp³-hybridized carbons (Fsp3) is 0. The molecule has 0 saturated heterocycles. The smallest absolute Gasteiger partial charge is 0.262 e. The molecule has 0 amide bonds. The van der Waals surface area contributed by atoms with E-state index in [4.69, 9.17) is 12.2 Å². The van der Waals surface area contributed by atoms with Gasteiger partial charge in [-0.15, -0.1) is 0 Å². The van der Waals surface area contributed by atoms with Crippen molar-refractivity contribution in [2.24, 2.45) is 0 Å². The second-order valence-electron chi connectivity index (χ2n) is 4.51. The Morgan fingerprint density at radius 1 is 1.10 bits per heavy atom. The van der Waals surface area contributed by atoms with E-state index in [9.17, 15) is 14.7 Å². The number of aromatic hydroxyl groups is 1. The Bertz CT molecular complexity index is 919. The average Bonchev–Trinajstić information content (AvgIpc) is 2.44.